The minimum Gasteiger partial charge on any atom is -0.358 e. The number of hydrogen-bond donors (Lipinski definition) is 2. The van der Waals surface area contributed by atoms with E-state index >= 15 is 0 Å². The van der Waals surface area contributed by atoms with Crippen LogP contribution in [0.25, 0.3) is 0 Å². The molecule has 1 unspecified atom stereocenters. The fourth-order valence-electron chi connectivity index (χ4n) is 1.62. The number of nitrogens with zero attached hydrogens (tertiary/aromatic N) is 1. The van der Waals surface area contributed by atoms with Crippen LogP contribution in [0, 0.1) is 21.4 Å². The average molecular weight is 363 g/mol. The second-order valence-electron chi connectivity index (χ2n) is 3.89. The van der Waals surface area contributed by atoms with Crippen molar-refractivity contribution in [3.05, 3.63) is 33.9 Å². The van der Waals surface area contributed by atoms with Crippen molar-refractivity contribution in [2.45, 2.75) is 12.8 Å². The molecule has 0 aliphatic heterocycles. The average Bonchev–Trinajstić information content (AvgIpc) is 3.12. The lowest BCUT2D eigenvalue weighted by atomic mass is 10.0. The molecule has 1 atom stereocenters. The summed E-state index contributed by atoms with van der Waals surface area (Å²) in [5, 5.41) is 21.9. The maximum atomic E-state index is 10.7. The van der Waals surface area contributed by atoms with Gasteiger partial charge >= 0.3 is 0 Å². The van der Waals surface area contributed by atoms with Crippen LogP contribution in [0.1, 0.15) is 18.4 Å². The number of halogens is 1. The van der Waals surface area contributed by atoms with Crippen LogP contribution in [0.4, 0.5) is 11.4 Å². The quantitative estimate of drug-likeness (QED) is 0.275. The van der Waals surface area contributed by atoms with E-state index in [1.807, 2.05) is 0 Å². The van der Waals surface area contributed by atoms with Gasteiger partial charge in [0.15, 0.2) is 0 Å². The molecule has 1 fully saturated rings. The molecule has 7 heteroatoms. The Hall–Kier alpha value is -0.750. The van der Waals surface area contributed by atoms with Gasteiger partial charge in [-0.25, -0.2) is 0 Å². The van der Waals surface area contributed by atoms with Gasteiger partial charge in [-0.05, 0) is 40.9 Å². The van der Waals surface area contributed by atoms with Gasteiger partial charge in [-0.3, -0.25) is 10.1 Å². The highest BCUT2D eigenvalue weighted by molar-refractivity contribution is 14.2. The largest absolute Gasteiger partial charge is 0.358 e. The fraction of sp³-hybridized carbons (Fsp3) is 0.300. The van der Waals surface area contributed by atoms with Crippen molar-refractivity contribution in [2.75, 3.05) is 5.09 Å². The summed E-state index contributed by atoms with van der Waals surface area (Å²) >= 11 is 2.20. The Labute approximate surface area is 113 Å². The van der Waals surface area contributed by atoms with E-state index in [4.69, 9.17) is 5.41 Å². The predicted octanol–water partition coefficient (Wildman–Crippen LogP) is 3.73. The summed E-state index contributed by atoms with van der Waals surface area (Å²) in [4.78, 5) is 10.3. The predicted molar refractivity (Wildman–Crippen MR) is 78.6 cm³/mol. The Balaban J connectivity index is 2.38. The molecule has 17 heavy (non-hydrogen) atoms. The van der Waals surface area contributed by atoms with E-state index in [2.05, 4.69) is 27.1 Å². The lowest BCUT2D eigenvalue weighted by Crippen LogP contribution is -2.05. The highest BCUT2D eigenvalue weighted by Crippen LogP contribution is 2.37. The van der Waals surface area contributed by atoms with E-state index < -0.39 is 4.92 Å². The second kappa shape index (κ2) is 5.27. The van der Waals surface area contributed by atoms with E-state index in [1.54, 1.807) is 6.07 Å². The van der Waals surface area contributed by atoms with Crippen LogP contribution in [0.2, 0.25) is 0 Å². The SMILES string of the molecule is N=C(c1cc([N+](=O)[O-])ccc1NPI)C1CC1. The van der Waals surface area contributed by atoms with Gasteiger partial charge in [-0.2, -0.15) is 0 Å². The third kappa shape index (κ3) is 2.93. The van der Waals surface area contributed by atoms with E-state index in [0.29, 0.717) is 17.6 Å². The summed E-state index contributed by atoms with van der Waals surface area (Å²) in [5.41, 5.74) is 2.06. The van der Waals surface area contributed by atoms with Crippen molar-refractivity contribution in [3.63, 3.8) is 0 Å². The van der Waals surface area contributed by atoms with Crippen molar-refractivity contribution in [2.24, 2.45) is 5.92 Å². The smallest absolute Gasteiger partial charge is 0.270 e. The van der Waals surface area contributed by atoms with Gasteiger partial charge in [0.05, 0.1) is 4.92 Å². The summed E-state index contributed by atoms with van der Waals surface area (Å²) in [7, 11) is 0. The third-order valence-electron chi connectivity index (χ3n) is 2.67. The van der Waals surface area contributed by atoms with Crippen molar-refractivity contribution in [1.29, 1.82) is 5.41 Å². The van der Waals surface area contributed by atoms with Crippen molar-refractivity contribution in [1.82, 2.24) is 0 Å². The van der Waals surface area contributed by atoms with Gasteiger partial charge in [-0.15, -0.1) is 0 Å². The first-order chi connectivity index (χ1) is 8.13. The Morgan fingerprint density at radius 3 is 2.82 bits per heavy atom. The second-order valence-corrected chi connectivity index (χ2v) is 5.95. The van der Waals surface area contributed by atoms with Crippen LogP contribution in [-0.2, 0) is 0 Å². The molecular weight excluding hydrogens is 352 g/mol. The molecule has 2 N–H and O–H groups in total. The number of nitro benzene ring substituents is 1. The van der Waals surface area contributed by atoms with Crippen molar-refractivity contribution in [3.8, 4) is 0 Å². The van der Waals surface area contributed by atoms with Crippen LogP contribution in [-0.4, -0.2) is 10.6 Å². The summed E-state index contributed by atoms with van der Waals surface area (Å²) in [6.07, 6.45) is 2.53. The summed E-state index contributed by atoms with van der Waals surface area (Å²) < 4.78 is 0. The maximum absolute atomic E-state index is 10.7. The highest BCUT2D eigenvalue weighted by Gasteiger charge is 2.29. The third-order valence-corrected chi connectivity index (χ3v) is 3.84. The monoisotopic (exact) mass is 363 g/mol. The summed E-state index contributed by atoms with van der Waals surface area (Å²) in [6, 6.07) is 4.67. The fourth-order valence-corrected chi connectivity index (χ4v) is 2.81. The number of benzene rings is 1. The Morgan fingerprint density at radius 1 is 1.59 bits per heavy atom. The molecule has 0 amide bonds. The molecule has 0 heterocycles. The molecule has 2 rings (SSSR count). The molecular formula is C10H11IN3O2P. The van der Waals surface area contributed by atoms with Crippen LogP contribution < -0.4 is 5.09 Å². The molecule has 1 aromatic rings. The topological polar surface area (TPSA) is 79.0 Å². The molecule has 0 saturated heterocycles. The summed E-state index contributed by atoms with van der Waals surface area (Å²) in [6.45, 7) is 0. The molecule has 0 aromatic heterocycles. The summed E-state index contributed by atoms with van der Waals surface area (Å²) in [5.74, 6) is 0.287. The maximum Gasteiger partial charge on any atom is 0.270 e. The minimum absolute atomic E-state index is 0.0488. The Morgan fingerprint density at radius 2 is 2.29 bits per heavy atom. The zero-order valence-corrected chi connectivity index (χ0v) is 12.0. The zero-order valence-electron chi connectivity index (χ0n) is 8.87. The van der Waals surface area contributed by atoms with E-state index in [9.17, 15) is 10.1 Å². The number of non-ortho nitro benzene ring substituents is 1. The van der Waals surface area contributed by atoms with E-state index in [1.165, 1.54) is 12.1 Å². The minimum atomic E-state index is -0.417. The molecule has 0 spiro atoms. The van der Waals surface area contributed by atoms with Crippen LogP contribution in [0.15, 0.2) is 18.2 Å². The zero-order chi connectivity index (χ0) is 12.4. The standard InChI is InChI=1S/C10H11IN3O2P/c11-17-13-9-4-3-7(14(15)16)5-8(9)10(12)6-1-2-6/h3-6,12-13,17H,1-2H2. The lowest BCUT2D eigenvalue weighted by molar-refractivity contribution is -0.384. The molecule has 1 saturated carbocycles. The van der Waals surface area contributed by atoms with Gasteiger partial charge in [0.25, 0.3) is 5.69 Å². The first-order valence-corrected chi connectivity index (χ1v) is 9.24. The molecule has 90 valence electrons. The molecule has 5 nitrogen and oxygen atoms in total. The number of nitro groups is 1. The van der Waals surface area contributed by atoms with Crippen LogP contribution >= 0.6 is 28.4 Å². The van der Waals surface area contributed by atoms with Crippen molar-refractivity contribution < 1.29 is 4.92 Å². The lowest BCUT2D eigenvalue weighted by Gasteiger charge is -2.10. The normalized spacial score (nSPS) is 15.1. The number of hydrogen-bond acceptors (Lipinski definition) is 4. The number of nitrogens with one attached hydrogen (secondary N) is 2. The van der Waals surface area contributed by atoms with Gasteiger partial charge < -0.3 is 10.5 Å². The number of anilines is 1. The molecule has 1 aliphatic carbocycles. The molecule has 0 radical (unpaired) electrons. The van der Waals surface area contributed by atoms with Crippen LogP contribution in [0.5, 0.6) is 0 Å². The molecule has 0 bridgehead atoms. The van der Waals surface area contributed by atoms with Gasteiger partial charge in [0, 0.05) is 41.4 Å². The van der Waals surface area contributed by atoms with E-state index in [0.717, 1.165) is 18.5 Å². The van der Waals surface area contributed by atoms with E-state index in [-0.39, 0.29) is 11.6 Å². The highest BCUT2D eigenvalue weighted by atomic mass is 127. The number of rotatable bonds is 5. The first-order valence-electron chi connectivity index (χ1n) is 5.12. The molecule has 1 aliphatic rings. The molecule has 1 aromatic carbocycles. The van der Waals surface area contributed by atoms with Crippen LogP contribution in [0.3, 0.4) is 0 Å². The first kappa shape index (κ1) is 12.7. The van der Waals surface area contributed by atoms with Gasteiger partial charge in [0.2, 0.25) is 0 Å². The van der Waals surface area contributed by atoms with Crippen molar-refractivity contribution >= 4 is 45.5 Å². The van der Waals surface area contributed by atoms with Gasteiger partial charge in [0.1, 0.15) is 0 Å². The Bertz CT molecular complexity index is 477. The Kier molecular flexibility index (Phi) is 3.93. The van der Waals surface area contributed by atoms with Gasteiger partial charge in [-0.1, -0.05) is 0 Å².